The van der Waals surface area contributed by atoms with E-state index in [4.69, 9.17) is 11.6 Å². The Morgan fingerprint density at radius 2 is 2.00 bits per heavy atom. The van der Waals surface area contributed by atoms with Crippen molar-refractivity contribution in [1.29, 1.82) is 0 Å². The Hall–Kier alpha value is -0.650. The third kappa shape index (κ3) is 3.25. The monoisotopic (exact) mass is 238 g/mol. The Labute approximate surface area is 86.3 Å². The number of halogens is 2. The molecule has 1 unspecified atom stereocenters. The van der Waals surface area contributed by atoms with Crippen molar-refractivity contribution in [1.82, 2.24) is 0 Å². The molecular weight excluding hydrogens is 231 g/mol. The summed E-state index contributed by atoms with van der Waals surface area (Å²) in [4.78, 5) is 0. The largest absolute Gasteiger partial charge is 0.387 e. The van der Waals surface area contributed by atoms with Gasteiger partial charge in [-0.25, -0.2) is 0 Å². The second kappa shape index (κ2) is 4.25. The smallest absolute Gasteiger partial charge is 0.305 e. The highest BCUT2D eigenvalue weighted by Crippen LogP contribution is 2.23. The van der Waals surface area contributed by atoms with Gasteiger partial charge in [0.15, 0.2) is 0 Å². The molecule has 1 aromatic rings. The number of hydrogen-bond acceptors (Lipinski definition) is 3. The summed E-state index contributed by atoms with van der Waals surface area (Å²) in [7, 11) is -4.70. The van der Waals surface area contributed by atoms with Crippen molar-refractivity contribution < 1.29 is 17.4 Å². The van der Waals surface area contributed by atoms with Gasteiger partial charge in [-0.2, -0.15) is 8.42 Å². The summed E-state index contributed by atoms with van der Waals surface area (Å²) in [5, 5.41) is 9.55. The van der Waals surface area contributed by atoms with Crippen LogP contribution in [0.3, 0.4) is 0 Å². The minimum atomic E-state index is -4.70. The third-order valence-electron chi connectivity index (χ3n) is 1.62. The highest BCUT2D eigenvalue weighted by Gasteiger charge is 2.19. The maximum atomic E-state index is 12.2. The second-order valence-electron chi connectivity index (χ2n) is 2.74. The molecule has 0 aromatic heterocycles. The van der Waals surface area contributed by atoms with Crippen molar-refractivity contribution in [2.75, 3.05) is 5.75 Å². The van der Waals surface area contributed by atoms with Crippen molar-refractivity contribution in [3.8, 4) is 0 Å². The average molecular weight is 239 g/mol. The zero-order valence-corrected chi connectivity index (χ0v) is 8.59. The zero-order valence-electron chi connectivity index (χ0n) is 7.02. The summed E-state index contributed by atoms with van der Waals surface area (Å²) < 4.78 is 32.7. The summed E-state index contributed by atoms with van der Waals surface area (Å²) in [6, 6.07) is 6.14. The van der Waals surface area contributed by atoms with Gasteiger partial charge in [0.2, 0.25) is 0 Å². The molecule has 0 saturated carbocycles. The van der Waals surface area contributed by atoms with Crippen LogP contribution in [0.4, 0.5) is 3.89 Å². The van der Waals surface area contributed by atoms with E-state index >= 15 is 0 Å². The zero-order chi connectivity index (χ0) is 10.8. The first-order valence-corrected chi connectivity index (χ1v) is 5.68. The van der Waals surface area contributed by atoms with Crippen LogP contribution in [0, 0.1) is 0 Å². The average Bonchev–Trinajstić information content (AvgIpc) is 2.01. The van der Waals surface area contributed by atoms with E-state index in [1.54, 1.807) is 12.1 Å². The third-order valence-corrected chi connectivity index (χ3v) is 2.68. The standard InChI is InChI=1S/C8H8ClFO3S/c9-7-4-2-1-3-6(7)8(11)5-14(10,12)13/h1-4,8,11H,5H2. The molecule has 78 valence electrons. The number of aliphatic hydroxyl groups excluding tert-OH is 1. The van der Waals surface area contributed by atoms with E-state index in [-0.39, 0.29) is 10.6 Å². The first kappa shape index (κ1) is 11.4. The minimum Gasteiger partial charge on any atom is -0.387 e. The van der Waals surface area contributed by atoms with E-state index in [1.807, 2.05) is 0 Å². The molecule has 1 N–H and O–H groups in total. The molecule has 0 saturated heterocycles. The van der Waals surface area contributed by atoms with Gasteiger partial charge in [-0.05, 0) is 6.07 Å². The van der Waals surface area contributed by atoms with Gasteiger partial charge in [-0.1, -0.05) is 29.8 Å². The van der Waals surface area contributed by atoms with Gasteiger partial charge in [-0.3, -0.25) is 0 Å². The lowest BCUT2D eigenvalue weighted by molar-refractivity contribution is 0.200. The number of hydrogen-bond donors (Lipinski definition) is 1. The van der Waals surface area contributed by atoms with Crippen molar-refractivity contribution in [3.63, 3.8) is 0 Å². The van der Waals surface area contributed by atoms with E-state index in [2.05, 4.69) is 0 Å². The minimum absolute atomic E-state index is 0.204. The Morgan fingerprint density at radius 1 is 1.43 bits per heavy atom. The molecule has 0 aliphatic rings. The molecule has 1 aromatic carbocycles. The molecule has 0 radical (unpaired) electrons. The summed E-state index contributed by atoms with van der Waals surface area (Å²) in [6.07, 6.45) is -1.43. The lowest BCUT2D eigenvalue weighted by Gasteiger charge is -2.09. The van der Waals surface area contributed by atoms with Crippen LogP contribution in [0.5, 0.6) is 0 Å². The van der Waals surface area contributed by atoms with E-state index in [0.717, 1.165) is 0 Å². The fourth-order valence-electron chi connectivity index (χ4n) is 1.02. The van der Waals surface area contributed by atoms with Crippen molar-refractivity contribution in [2.24, 2.45) is 0 Å². The summed E-state index contributed by atoms with van der Waals surface area (Å²) >= 11 is 5.67. The Bertz CT molecular complexity index is 418. The first-order chi connectivity index (χ1) is 6.40. The van der Waals surface area contributed by atoms with Crippen LogP contribution in [0.1, 0.15) is 11.7 Å². The number of rotatable bonds is 3. The molecule has 14 heavy (non-hydrogen) atoms. The second-order valence-corrected chi connectivity index (χ2v) is 4.56. The Morgan fingerprint density at radius 3 is 2.50 bits per heavy atom. The molecule has 0 fully saturated rings. The van der Waals surface area contributed by atoms with Crippen LogP contribution in [0.15, 0.2) is 24.3 Å². The van der Waals surface area contributed by atoms with E-state index < -0.39 is 22.1 Å². The maximum absolute atomic E-state index is 12.2. The molecule has 0 spiro atoms. The van der Waals surface area contributed by atoms with Crippen LogP contribution < -0.4 is 0 Å². The lowest BCUT2D eigenvalue weighted by Crippen LogP contribution is -2.10. The predicted molar refractivity (Wildman–Crippen MR) is 51.3 cm³/mol. The van der Waals surface area contributed by atoms with E-state index in [1.165, 1.54) is 12.1 Å². The van der Waals surface area contributed by atoms with Crippen LogP contribution in [0.25, 0.3) is 0 Å². The van der Waals surface area contributed by atoms with Crippen molar-refractivity contribution in [3.05, 3.63) is 34.9 Å². The van der Waals surface area contributed by atoms with Crippen molar-refractivity contribution in [2.45, 2.75) is 6.10 Å². The number of aliphatic hydroxyl groups is 1. The Balaban J connectivity index is 2.90. The fraction of sp³-hybridized carbons (Fsp3) is 0.250. The van der Waals surface area contributed by atoms with Crippen LogP contribution in [-0.4, -0.2) is 19.3 Å². The van der Waals surface area contributed by atoms with E-state index in [9.17, 15) is 17.4 Å². The van der Waals surface area contributed by atoms with Gasteiger partial charge in [0.25, 0.3) is 0 Å². The summed E-state index contributed by atoms with van der Waals surface area (Å²) in [5.41, 5.74) is 0.204. The first-order valence-electron chi connectivity index (χ1n) is 3.75. The molecule has 1 atom stereocenters. The molecule has 0 bridgehead atoms. The normalized spacial score (nSPS) is 13.9. The van der Waals surface area contributed by atoms with Crippen LogP contribution in [-0.2, 0) is 10.2 Å². The molecule has 0 aliphatic heterocycles. The highest BCUT2D eigenvalue weighted by atomic mass is 35.5. The SMILES string of the molecule is O=S(=O)(F)CC(O)c1ccccc1Cl. The fourth-order valence-corrected chi connectivity index (χ4v) is 1.84. The van der Waals surface area contributed by atoms with Gasteiger partial charge in [0, 0.05) is 10.6 Å². The molecule has 3 nitrogen and oxygen atoms in total. The Kier molecular flexibility index (Phi) is 3.47. The quantitative estimate of drug-likeness (QED) is 0.815. The summed E-state index contributed by atoms with van der Waals surface area (Å²) in [5.74, 6) is -0.975. The van der Waals surface area contributed by atoms with Gasteiger partial charge >= 0.3 is 10.2 Å². The topological polar surface area (TPSA) is 54.4 Å². The molecular formula is C8H8ClFO3S. The van der Waals surface area contributed by atoms with Gasteiger partial charge in [0.05, 0.1) is 6.10 Å². The van der Waals surface area contributed by atoms with Crippen molar-refractivity contribution >= 4 is 21.8 Å². The van der Waals surface area contributed by atoms with E-state index in [0.29, 0.717) is 0 Å². The highest BCUT2D eigenvalue weighted by molar-refractivity contribution is 7.86. The number of benzene rings is 1. The van der Waals surface area contributed by atoms with Gasteiger partial charge in [0.1, 0.15) is 5.75 Å². The van der Waals surface area contributed by atoms with Crippen LogP contribution >= 0.6 is 11.6 Å². The molecule has 6 heteroatoms. The lowest BCUT2D eigenvalue weighted by atomic mass is 10.1. The molecule has 0 amide bonds. The maximum Gasteiger partial charge on any atom is 0.305 e. The summed E-state index contributed by atoms with van der Waals surface area (Å²) in [6.45, 7) is 0. The molecule has 1 rings (SSSR count). The predicted octanol–water partition coefficient (Wildman–Crippen LogP) is 1.67. The van der Waals surface area contributed by atoms with Gasteiger partial charge < -0.3 is 5.11 Å². The molecule has 0 aliphatic carbocycles. The van der Waals surface area contributed by atoms with Gasteiger partial charge in [-0.15, -0.1) is 3.89 Å². The van der Waals surface area contributed by atoms with Crippen LogP contribution in [0.2, 0.25) is 5.02 Å². The molecule has 0 heterocycles.